The van der Waals surface area contributed by atoms with Gasteiger partial charge in [-0.15, -0.1) is 0 Å². The average molecular weight is 350 g/mol. The van der Waals surface area contributed by atoms with Gasteiger partial charge < -0.3 is 10.4 Å². The molecule has 2 N–H and O–H groups in total. The van der Waals surface area contributed by atoms with E-state index in [0.717, 1.165) is 6.07 Å². The minimum Gasteiger partial charge on any atom is -0.505 e. The lowest BCUT2D eigenvalue weighted by Gasteiger charge is -2.36. The first kappa shape index (κ1) is 15.8. The number of fused-ring (bicyclic) bond motifs is 2. The lowest BCUT2D eigenvalue weighted by molar-refractivity contribution is -0.111. The van der Waals surface area contributed by atoms with E-state index in [1.54, 1.807) is 0 Å². The van der Waals surface area contributed by atoms with Gasteiger partial charge in [-0.1, -0.05) is 23.2 Å². The fourth-order valence-corrected chi connectivity index (χ4v) is 4.52. The maximum atomic E-state index is 14.5. The third-order valence-corrected chi connectivity index (χ3v) is 5.92. The Hall–Kier alpha value is -1.07. The van der Waals surface area contributed by atoms with Crippen molar-refractivity contribution in [2.24, 2.45) is 5.41 Å². The van der Waals surface area contributed by atoms with Crippen LogP contribution in [0.3, 0.4) is 0 Å². The molecule has 2 fully saturated rings. The summed E-state index contributed by atoms with van der Waals surface area (Å²) in [5.74, 6) is -1.56. The third-order valence-electron chi connectivity index (χ3n) is 5.12. The van der Waals surface area contributed by atoms with Crippen molar-refractivity contribution in [3.8, 4) is 5.75 Å². The van der Waals surface area contributed by atoms with E-state index in [-0.39, 0.29) is 22.0 Å². The minimum absolute atomic E-state index is 0.00725. The normalized spacial score (nSPS) is 31.3. The summed E-state index contributed by atoms with van der Waals surface area (Å²) >= 11 is 12.0. The Labute approximate surface area is 136 Å². The van der Waals surface area contributed by atoms with Gasteiger partial charge >= 0.3 is 0 Å². The van der Waals surface area contributed by atoms with Crippen molar-refractivity contribution in [3.63, 3.8) is 0 Å². The lowest BCUT2D eigenvalue weighted by atomic mass is 9.74. The Morgan fingerprint density at radius 3 is 2.45 bits per heavy atom. The first-order valence-electron chi connectivity index (χ1n) is 7.07. The van der Waals surface area contributed by atoms with Crippen LogP contribution >= 0.6 is 23.2 Å². The van der Waals surface area contributed by atoms with Crippen LogP contribution in [0.4, 0.5) is 8.78 Å². The Bertz CT molecular complexity index is 604. The zero-order chi connectivity index (χ0) is 16.1. The summed E-state index contributed by atoms with van der Waals surface area (Å²) < 4.78 is 28.9. The number of halogens is 4. The third kappa shape index (κ3) is 2.26. The van der Waals surface area contributed by atoms with Crippen molar-refractivity contribution >= 4 is 29.6 Å². The van der Waals surface area contributed by atoms with Crippen molar-refractivity contribution in [2.45, 2.75) is 43.8 Å². The fraction of sp³-hybridized carbons (Fsp3) is 0.533. The van der Waals surface area contributed by atoms with Gasteiger partial charge in [0.05, 0.1) is 16.1 Å². The first-order valence-corrected chi connectivity index (χ1v) is 7.82. The second-order valence-corrected chi connectivity index (χ2v) is 7.11. The average Bonchev–Trinajstić information content (AvgIpc) is 2.99. The Morgan fingerprint density at radius 2 is 1.95 bits per heavy atom. The summed E-state index contributed by atoms with van der Waals surface area (Å²) in [6.07, 6.45) is 2.51. The van der Waals surface area contributed by atoms with Crippen LogP contribution in [0.5, 0.6) is 5.75 Å². The monoisotopic (exact) mass is 349 g/mol. The van der Waals surface area contributed by atoms with Crippen LogP contribution in [-0.2, 0) is 4.79 Å². The van der Waals surface area contributed by atoms with Crippen molar-refractivity contribution in [1.82, 2.24) is 5.32 Å². The van der Waals surface area contributed by atoms with Gasteiger partial charge in [0.1, 0.15) is 5.67 Å². The number of aromatic hydroxyl groups is 1. The molecule has 2 aliphatic carbocycles. The number of phenolic OH excluding ortho intramolecular Hbond substituents is 1. The molecule has 0 aromatic heterocycles. The van der Waals surface area contributed by atoms with Gasteiger partial charge in [-0.3, -0.25) is 4.79 Å². The highest BCUT2D eigenvalue weighted by atomic mass is 35.5. The lowest BCUT2D eigenvalue weighted by Crippen LogP contribution is -2.36. The molecule has 3 rings (SSSR count). The highest BCUT2D eigenvalue weighted by Crippen LogP contribution is 2.64. The molecular weight excluding hydrogens is 335 g/mol. The smallest absolute Gasteiger partial charge is 0.207 e. The number of benzene rings is 1. The topological polar surface area (TPSA) is 49.3 Å². The largest absolute Gasteiger partial charge is 0.505 e. The molecule has 1 atom stereocenters. The van der Waals surface area contributed by atoms with Gasteiger partial charge in [0, 0.05) is 11.6 Å². The van der Waals surface area contributed by atoms with E-state index in [1.807, 2.05) is 0 Å². The number of carbonyl (C=O) groups excluding carboxylic acids is 1. The summed E-state index contributed by atoms with van der Waals surface area (Å²) in [5.41, 5.74) is -1.92. The van der Waals surface area contributed by atoms with Gasteiger partial charge in [-0.2, -0.15) is 0 Å². The number of alkyl halides is 1. The number of phenols is 1. The first-order chi connectivity index (χ1) is 10.3. The molecule has 0 spiro atoms. The van der Waals surface area contributed by atoms with Gasteiger partial charge in [-0.25, -0.2) is 8.78 Å². The maximum absolute atomic E-state index is 14.5. The molecule has 1 amide bonds. The molecule has 1 unspecified atom stereocenters. The highest BCUT2D eigenvalue weighted by Gasteiger charge is 2.59. The number of amides is 1. The second kappa shape index (κ2) is 5.24. The fourth-order valence-electron chi connectivity index (χ4n) is 4.07. The van der Waals surface area contributed by atoms with Crippen LogP contribution in [-0.4, -0.2) is 17.2 Å². The molecule has 2 bridgehead atoms. The maximum Gasteiger partial charge on any atom is 0.207 e. The molecule has 3 nitrogen and oxygen atoms in total. The molecule has 0 aliphatic heterocycles. The van der Waals surface area contributed by atoms with Crippen LogP contribution in [0.1, 0.15) is 43.7 Å². The van der Waals surface area contributed by atoms with Gasteiger partial charge in [0.25, 0.3) is 0 Å². The summed E-state index contributed by atoms with van der Waals surface area (Å²) in [4.78, 5) is 11.0. The van der Waals surface area contributed by atoms with Crippen LogP contribution in [0.25, 0.3) is 0 Å². The Morgan fingerprint density at radius 1 is 1.32 bits per heavy atom. The van der Waals surface area contributed by atoms with Crippen molar-refractivity contribution in [1.29, 1.82) is 0 Å². The Balaban J connectivity index is 2.12. The summed E-state index contributed by atoms with van der Waals surface area (Å²) in [6.45, 7) is 0. The van der Waals surface area contributed by atoms with Crippen molar-refractivity contribution in [2.75, 3.05) is 0 Å². The zero-order valence-corrected chi connectivity index (χ0v) is 13.1. The predicted molar refractivity (Wildman–Crippen MR) is 79.4 cm³/mol. The van der Waals surface area contributed by atoms with E-state index in [9.17, 15) is 18.7 Å². The molecule has 120 valence electrons. The SMILES string of the molecule is O=CNC(c1c(F)c(O)cc(Cl)c1Cl)C12CCC(F)(CC1)C2. The molecule has 0 radical (unpaired) electrons. The molecule has 2 saturated carbocycles. The summed E-state index contributed by atoms with van der Waals surface area (Å²) in [7, 11) is 0. The van der Waals surface area contributed by atoms with Crippen LogP contribution in [0.2, 0.25) is 10.0 Å². The number of hydrogen-bond donors (Lipinski definition) is 2. The highest BCUT2D eigenvalue weighted by molar-refractivity contribution is 6.42. The van der Waals surface area contributed by atoms with E-state index < -0.39 is 28.7 Å². The molecule has 2 aliphatic rings. The van der Waals surface area contributed by atoms with Gasteiger partial charge in [0.2, 0.25) is 6.41 Å². The summed E-state index contributed by atoms with van der Waals surface area (Å²) in [5, 5.41) is 12.2. The number of rotatable bonds is 4. The van der Waals surface area contributed by atoms with E-state index >= 15 is 0 Å². The molecule has 0 saturated heterocycles. The number of carbonyl (C=O) groups is 1. The number of hydrogen-bond acceptors (Lipinski definition) is 2. The summed E-state index contributed by atoms with van der Waals surface area (Å²) in [6, 6.07) is 0.198. The van der Waals surface area contributed by atoms with E-state index in [1.165, 1.54) is 0 Å². The minimum atomic E-state index is -1.26. The molecule has 22 heavy (non-hydrogen) atoms. The van der Waals surface area contributed by atoms with Crippen LogP contribution < -0.4 is 5.32 Å². The van der Waals surface area contributed by atoms with Crippen LogP contribution in [0, 0.1) is 11.2 Å². The predicted octanol–water partition coefficient (Wildman–Crippen LogP) is 4.30. The Kier molecular flexibility index (Phi) is 3.76. The second-order valence-electron chi connectivity index (χ2n) is 6.33. The zero-order valence-electron chi connectivity index (χ0n) is 11.6. The molecule has 1 aromatic rings. The van der Waals surface area contributed by atoms with Crippen molar-refractivity contribution in [3.05, 3.63) is 27.5 Å². The van der Waals surface area contributed by atoms with Gasteiger partial charge in [0.15, 0.2) is 11.6 Å². The van der Waals surface area contributed by atoms with E-state index in [2.05, 4.69) is 5.32 Å². The quantitative estimate of drug-likeness (QED) is 0.628. The van der Waals surface area contributed by atoms with E-state index in [4.69, 9.17) is 23.2 Å². The van der Waals surface area contributed by atoms with Gasteiger partial charge in [-0.05, 0) is 37.5 Å². The molecule has 0 heterocycles. The van der Waals surface area contributed by atoms with Crippen molar-refractivity contribution < 1.29 is 18.7 Å². The molecule has 7 heteroatoms. The van der Waals surface area contributed by atoms with Crippen LogP contribution in [0.15, 0.2) is 6.07 Å². The molecule has 1 aromatic carbocycles. The van der Waals surface area contributed by atoms with E-state index in [0.29, 0.717) is 32.1 Å². The standard InChI is InChI=1S/C15H15Cl2F2NO2/c16-8-5-9(22)12(18)10(11(8)17)13(20-7-21)14-1-3-15(19,6-14)4-2-14/h5,7,13,22H,1-4,6H2,(H,20,21). The number of nitrogens with one attached hydrogen (secondary N) is 1. The molecular formula is C15H15Cl2F2NO2.